The van der Waals surface area contributed by atoms with Crippen LogP contribution in [0.15, 0.2) is 18.2 Å². The van der Waals surface area contributed by atoms with Crippen molar-refractivity contribution in [1.29, 1.82) is 0 Å². The summed E-state index contributed by atoms with van der Waals surface area (Å²) in [5, 5.41) is 13.2. The Morgan fingerprint density at radius 2 is 2.05 bits per heavy atom. The molecule has 0 spiro atoms. The number of nitro groups is 1. The maximum atomic E-state index is 11.9. The standard InChI is InChI=1S/C13H16N2O7/c1-8(22-12(16)7-20-2)13(17)14-10-6-9(15(18)19)4-5-11(10)21-3/h4-6,8H,7H2,1-3H3,(H,14,17)/t8-/m0/s1. The average Bonchev–Trinajstić information content (AvgIpc) is 2.47. The summed E-state index contributed by atoms with van der Waals surface area (Å²) >= 11 is 0. The number of nitrogens with zero attached hydrogens (tertiary/aromatic N) is 1. The molecule has 1 aromatic carbocycles. The van der Waals surface area contributed by atoms with Gasteiger partial charge in [0.25, 0.3) is 11.6 Å². The van der Waals surface area contributed by atoms with Crippen molar-refractivity contribution in [2.45, 2.75) is 13.0 Å². The fraction of sp³-hybridized carbons (Fsp3) is 0.385. The van der Waals surface area contributed by atoms with Gasteiger partial charge >= 0.3 is 5.97 Å². The first kappa shape index (κ1) is 17.4. The first-order chi connectivity index (χ1) is 10.4. The molecule has 0 aliphatic heterocycles. The van der Waals surface area contributed by atoms with E-state index in [9.17, 15) is 19.7 Å². The molecule has 0 aliphatic carbocycles. The lowest BCUT2D eigenvalue weighted by molar-refractivity contribution is -0.384. The van der Waals surface area contributed by atoms with E-state index in [0.29, 0.717) is 0 Å². The van der Waals surface area contributed by atoms with Crippen LogP contribution in [0.1, 0.15) is 6.92 Å². The molecule has 1 atom stereocenters. The number of esters is 1. The number of hydrogen-bond donors (Lipinski definition) is 1. The number of nitrogens with one attached hydrogen (secondary N) is 1. The number of non-ortho nitro benzene ring substituents is 1. The Kier molecular flexibility index (Phi) is 6.26. The van der Waals surface area contributed by atoms with Crippen LogP contribution < -0.4 is 10.1 Å². The van der Waals surface area contributed by atoms with E-state index in [1.165, 1.54) is 33.3 Å². The van der Waals surface area contributed by atoms with E-state index in [2.05, 4.69) is 10.1 Å². The summed E-state index contributed by atoms with van der Waals surface area (Å²) in [5.74, 6) is -1.10. The molecule has 120 valence electrons. The van der Waals surface area contributed by atoms with Crippen LogP contribution in [-0.4, -0.2) is 43.7 Å². The predicted molar refractivity (Wildman–Crippen MR) is 75.7 cm³/mol. The monoisotopic (exact) mass is 312 g/mol. The molecule has 0 bridgehead atoms. The number of amides is 1. The van der Waals surface area contributed by atoms with Gasteiger partial charge in [-0.2, -0.15) is 0 Å². The van der Waals surface area contributed by atoms with E-state index < -0.39 is 22.9 Å². The minimum atomic E-state index is -1.09. The second-order valence-electron chi connectivity index (χ2n) is 4.20. The van der Waals surface area contributed by atoms with Crippen molar-refractivity contribution in [3.05, 3.63) is 28.3 Å². The predicted octanol–water partition coefficient (Wildman–Crippen LogP) is 1.12. The van der Waals surface area contributed by atoms with Crippen LogP contribution in [0, 0.1) is 10.1 Å². The van der Waals surface area contributed by atoms with Crippen molar-refractivity contribution in [3.63, 3.8) is 0 Å². The summed E-state index contributed by atoms with van der Waals surface area (Å²) in [6, 6.07) is 3.76. The second-order valence-corrected chi connectivity index (χ2v) is 4.20. The van der Waals surface area contributed by atoms with E-state index in [-0.39, 0.29) is 23.7 Å². The fourth-order valence-electron chi connectivity index (χ4n) is 1.54. The highest BCUT2D eigenvalue weighted by Gasteiger charge is 2.20. The quantitative estimate of drug-likeness (QED) is 0.455. The van der Waals surface area contributed by atoms with Crippen molar-refractivity contribution >= 4 is 23.3 Å². The normalized spacial score (nSPS) is 11.4. The second kappa shape index (κ2) is 7.93. The number of anilines is 1. The zero-order chi connectivity index (χ0) is 16.7. The van der Waals surface area contributed by atoms with Gasteiger partial charge in [-0.1, -0.05) is 0 Å². The van der Waals surface area contributed by atoms with Crippen LogP contribution in [0.5, 0.6) is 5.75 Å². The summed E-state index contributed by atoms with van der Waals surface area (Å²) in [6.45, 7) is 1.09. The maximum absolute atomic E-state index is 11.9. The maximum Gasteiger partial charge on any atom is 0.332 e. The molecule has 0 fully saturated rings. The van der Waals surface area contributed by atoms with E-state index in [1.807, 2.05) is 0 Å². The molecule has 0 radical (unpaired) electrons. The van der Waals surface area contributed by atoms with Crippen LogP contribution in [0.3, 0.4) is 0 Å². The molecule has 9 nitrogen and oxygen atoms in total. The van der Waals surface area contributed by atoms with Gasteiger partial charge in [-0.25, -0.2) is 4.79 Å². The smallest absolute Gasteiger partial charge is 0.332 e. The van der Waals surface area contributed by atoms with Gasteiger partial charge in [0.05, 0.1) is 17.7 Å². The van der Waals surface area contributed by atoms with Gasteiger partial charge in [0.15, 0.2) is 6.10 Å². The molecule has 0 saturated carbocycles. The molecule has 0 saturated heterocycles. The van der Waals surface area contributed by atoms with Gasteiger partial charge in [-0.3, -0.25) is 14.9 Å². The number of hydrogen-bond acceptors (Lipinski definition) is 7. The van der Waals surface area contributed by atoms with Crippen LogP contribution in [0.25, 0.3) is 0 Å². The Balaban J connectivity index is 2.84. The number of rotatable bonds is 7. The molecule has 0 aromatic heterocycles. The van der Waals surface area contributed by atoms with Crippen molar-refractivity contribution in [2.24, 2.45) is 0 Å². The topological polar surface area (TPSA) is 117 Å². The van der Waals surface area contributed by atoms with Crippen LogP contribution in [0.4, 0.5) is 11.4 Å². The highest BCUT2D eigenvalue weighted by atomic mass is 16.6. The van der Waals surface area contributed by atoms with E-state index in [4.69, 9.17) is 9.47 Å². The number of ether oxygens (including phenoxy) is 3. The summed E-state index contributed by atoms with van der Waals surface area (Å²) in [7, 11) is 2.68. The van der Waals surface area contributed by atoms with E-state index in [0.717, 1.165) is 6.07 Å². The minimum absolute atomic E-state index is 0.108. The number of benzene rings is 1. The number of nitro benzene ring substituents is 1. The first-order valence-corrected chi connectivity index (χ1v) is 6.20. The van der Waals surface area contributed by atoms with Crippen molar-refractivity contribution < 1.29 is 28.7 Å². The average molecular weight is 312 g/mol. The minimum Gasteiger partial charge on any atom is -0.495 e. The lowest BCUT2D eigenvalue weighted by atomic mass is 10.2. The van der Waals surface area contributed by atoms with Crippen molar-refractivity contribution in [1.82, 2.24) is 0 Å². The largest absolute Gasteiger partial charge is 0.495 e. The number of carbonyl (C=O) groups is 2. The Morgan fingerprint density at radius 3 is 2.59 bits per heavy atom. The fourth-order valence-corrected chi connectivity index (χ4v) is 1.54. The molecule has 0 aliphatic rings. The molecule has 0 unspecified atom stereocenters. The lowest BCUT2D eigenvalue weighted by Gasteiger charge is -2.14. The zero-order valence-corrected chi connectivity index (χ0v) is 12.3. The highest BCUT2D eigenvalue weighted by Crippen LogP contribution is 2.29. The third-order valence-corrected chi connectivity index (χ3v) is 2.59. The molecule has 22 heavy (non-hydrogen) atoms. The Labute approximate surface area is 126 Å². The highest BCUT2D eigenvalue weighted by molar-refractivity contribution is 5.96. The molecule has 9 heteroatoms. The van der Waals surface area contributed by atoms with Crippen LogP contribution in [0.2, 0.25) is 0 Å². The third-order valence-electron chi connectivity index (χ3n) is 2.59. The summed E-state index contributed by atoms with van der Waals surface area (Å²) in [5.41, 5.74) is -0.100. The van der Waals surface area contributed by atoms with Crippen molar-refractivity contribution in [2.75, 3.05) is 26.1 Å². The molecule has 1 rings (SSSR count). The summed E-state index contributed by atoms with van der Waals surface area (Å²) in [6.07, 6.45) is -1.09. The van der Waals surface area contributed by atoms with Gasteiger partial charge < -0.3 is 19.5 Å². The van der Waals surface area contributed by atoms with Crippen LogP contribution >= 0.6 is 0 Å². The van der Waals surface area contributed by atoms with Crippen LogP contribution in [-0.2, 0) is 19.1 Å². The Morgan fingerprint density at radius 1 is 1.36 bits per heavy atom. The molecule has 1 aromatic rings. The number of methoxy groups -OCH3 is 2. The summed E-state index contributed by atoms with van der Waals surface area (Å²) < 4.78 is 14.4. The molecule has 1 N–H and O–H groups in total. The number of carbonyl (C=O) groups excluding carboxylic acids is 2. The third kappa shape index (κ3) is 4.70. The molecular formula is C13H16N2O7. The van der Waals surface area contributed by atoms with Gasteiger partial charge in [-0.15, -0.1) is 0 Å². The molecule has 0 heterocycles. The van der Waals surface area contributed by atoms with E-state index in [1.54, 1.807) is 0 Å². The SMILES string of the molecule is COCC(=O)O[C@@H](C)C(=O)Nc1cc([N+](=O)[O-])ccc1OC. The Bertz CT molecular complexity index is 574. The molecule has 1 amide bonds. The van der Waals surface area contributed by atoms with Gasteiger partial charge in [0, 0.05) is 19.2 Å². The Hall–Kier alpha value is -2.68. The van der Waals surface area contributed by atoms with Gasteiger partial charge in [0.2, 0.25) is 0 Å². The van der Waals surface area contributed by atoms with Gasteiger partial charge in [0.1, 0.15) is 12.4 Å². The zero-order valence-electron chi connectivity index (χ0n) is 12.3. The van der Waals surface area contributed by atoms with Gasteiger partial charge in [-0.05, 0) is 13.0 Å². The summed E-state index contributed by atoms with van der Waals surface area (Å²) in [4.78, 5) is 33.3. The molecular weight excluding hydrogens is 296 g/mol. The van der Waals surface area contributed by atoms with E-state index >= 15 is 0 Å². The van der Waals surface area contributed by atoms with Crippen molar-refractivity contribution in [3.8, 4) is 5.75 Å². The lowest BCUT2D eigenvalue weighted by Crippen LogP contribution is -2.31. The first-order valence-electron chi connectivity index (χ1n) is 6.20.